The summed E-state index contributed by atoms with van der Waals surface area (Å²) in [5.41, 5.74) is 7.87. The number of anilines is 1. The maximum Gasteiger partial charge on any atom is 0.129 e. The summed E-state index contributed by atoms with van der Waals surface area (Å²) in [4.78, 5) is 6.86. The first-order valence-electron chi connectivity index (χ1n) is 5.43. The summed E-state index contributed by atoms with van der Waals surface area (Å²) >= 11 is 0. The van der Waals surface area contributed by atoms with Gasteiger partial charge in [0.2, 0.25) is 0 Å². The number of hydrogen-bond acceptors (Lipinski definition) is 4. The molecule has 1 aromatic heterocycles. The van der Waals surface area contributed by atoms with Crippen LogP contribution in [0.4, 0.5) is 5.82 Å². The van der Waals surface area contributed by atoms with E-state index in [9.17, 15) is 0 Å². The second-order valence-corrected chi connectivity index (χ2v) is 3.92. The maximum atomic E-state index is 5.66. The van der Waals surface area contributed by atoms with Gasteiger partial charge >= 0.3 is 0 Å². The van der Waals surface area contributed by atoms with Gasteiger partial charge in [-0.1, -0.05) is 0 Å². The zero-order valence-corrected chi connectivity index (χ0v) is 9.16. The minimum Gasteiger partial charge on any atom is -0.354 e. The molecule has 2 rings (SSSR count). The van der Waals surface area contributed by atoms with Crippen LogP contribution in [0.1, 0.15) is 11.3 Å². The zero-order valence-electron chi connectivity index (χ0n) is 9.16. The van der Waals surface area contributed by atoms with Crippen LogP contribution in [0.15, 0.2) is 12.1 Å². The lowest BCUT2D eigenvalue weighted by molar-refractivity contribution is 0.584. The van der Waals surface area contributed by atoms with Crippen LogP contribution in [0, 0.1) is 6.92 Å². The summed E-state index contributed by atoms with van der Waals surface area (Å²) in [7, 11) is 0. The number of nitrogens with one attached hydrogen (secondary N) is 1. The molecular weight excluding hydrogens is 188 g/mol. The lowest BCUT2D eigenvalue weighted by Crippen LogP contribution is -2.44. The highest BCUT2D eigenvalue weighted by Crippen LogP contribution is 2.15. The minimum atomic E-state index is 0.586. The van der Waals surface area contributed by atoms with E-state index in [4.69, 9.17) is 5.73 Å². The van der Waals surface area contributed by atoms with Gasteiger partial charge in [0.1, 0.15) is 5.82 Å². The van der Waals surface area contributed by atoms with Crippen LogP contribution in [0.2, 0.25) is 0 Å². The smallest absolute Gasteiger partial charge is 0.129 e. The predicted molar refractivity (Wildman–Crippen MR) is 61.9 cm³/mol. The van der Waals surface area contributed by atoms with Crippen molar-refractivity contribution >= 4 is 5.82 Å². The first kappa shape index (κ1) is 10.4. The van der Waals surface area contributed by atoms with Crippen molar-refractivity contribution in [1.82, 2.24) is 10.3 Å². The summed E-state index contributed by atoms with van der Waals surface area (Å²) in [5, 5.41) is 3.33. The summed E-state index contributed by atoms with van der Waals surface area (Å²) in [6, 6.07) is 4.14. The number of aromatic nitrogens is 1. The molecule has 1 fully saturated rings. The first-order valence-corrected chi connectivity index (χ1v) is 5.43. The molecule has 0 bridgehead atoms. The SMILES string of the molecule is Cc1cc(CN)cc(N2CCNCC2)n1. The molecule has 1 aliphatic rings. The van der Waals surface area contributed by atoms with E-state index in [1.165, 1.54) is 0 Å². The average molecular weight is 206 g/mol. The van der Waals surface area contributed by atoms with Gasteiger partial charge in [0, 0.05) is 38.4 Å². The average Bonchev–Trinajstić information content (AvgIpc) is 2.29. The Balaban J connectivity index is 2.22. The summed E-state index contributed by atoms with van der Waals surface area (Å²) in [5.74, 6) is 1.07. The highest BCUT2D eigenvalue weighted by atomic mass is 15.2. The van der Waals surface area contributed by atoms with E-state index in [1.54, 1.807) is 0 Å². The molecule has 0 radical (unpaired) electrons. The van der Waals surface area contributed by atoms with Gasteiger partial charge in [0.25, 0.3) is 0 Å². The van der Waals surface area contributed by atoms with Gasteiger partial charge in [-0.15, -0.1) is 0 Å². The Bertz CT molecular complexity index is 331. The largest absolute Gasteiger partial charge is 0.354 e. The number of piperazine rings is 1. The highest BCUT2D eigenvalue weighted by molar-refractivity contribution is 5.43. The van der Waals surface area contributed by atoms with Crippen LogP contribution in [-0.4, -0.2) is 31.2 Å². The van der Waals surface area contributed by atoms with Crippen molar-refractivity contribution in [3.63, 3.8) is 0 Å². The van der Waals surface area contributed by atoms with Crippen molar-refractivity contribution in [2.45, 2.75) is 13.5 Å². The van der Waals surface area contributed by atoms with Crippen molar-refractivity contribution in [2.75, 3.05) is 31.1 Å². The molecule has 15 heavy (non-hydrogen) atoms. The maximum absolute atomic E-state index is 5.66. The Labute approximate surface area is 90.5 Å². The predicted octanol–water partition coefficient (Wildman–Crippen LogP) is 0.258. The normalized spacial score (nSPS) is 16.8. The zero-order chi connectivity index (χ0) is 10.7. The first-order chi connectivity index (χ1) is 7.29. The lowest BCUT2D eigenvalue weighted by atomic mass is 10.2. The summed E-state index contributed by atoms with van der Waals surface area (Å²) in [6.07, 6.45) is 0. The van der Waals surface area contributed by atoms with Crippen LogP contribution in [0.3, 0.4) is 0 Å². The van der Waals surface area contributed by atoms with Crippen molar-refractivity contribution in [3.05, 3.63) is 23.4 Å². The molecule has 0 saturated carbocycles. The van der Waals surface area contributed by atoms with E-state index in [1.807, 2.05) is 13.0 Å². The molecule has 1 saturated heterocycles. The fourth-order valence-corrected chi connectivity index (χ4v) is 1.89. The molecule has 3 N–H and O–H groups in total. The molecule has 1 aliphatic heterocycles. The number of hydrogen-bond donors (Lipinski definition) is 2. The Morgan fingerprint density at radius 2 is 2.13 bits per heavy atom. The van der Waals surface area contributed by atoms with Gasteiger partial charge < -0.3 is 16.0 Å². The van der Waals surface area contributed by atoms with Crippen LogP contribution in [-0.2, 0) is 6.54 Å². The van der Waals surface area contributed by atoms with Crippen LogP contribution >= 0.6 is 0 Å². The standard InChI is InChI=1S/C11H18N4/c1-9-6-10(8-12)7-11(14-9)15-4-2-13-3-5-15/h6-7,13H,2-5,8,12H2,1H3. The Hall–Kier alpha value is -1.13. The van der Waals surface area contributed by atoms with Gasteiger partial charge in [-0.05, 0) is 24.6 Å². The molecule has 1 aromatic rings. The van der Waals surface area contributed by atoms with Crippen molar-refractivity contribution in [3.8, 4) is 0 Å². The number of aryl methyl sites for hydroxylation is 1. The van der Waals surface area contributed by atoms with E-state index < -0.39 is 0 Å². The minimum absolute atomic E-state index is 0.586. The number of nitrogens with zero attached hydrogens (tertiary/aromatic N) is 2. The fourth-order valence-electron chi connectivity index (χ4n) is 1.89. The lowest BCUT2D eigenvalue weighted by Gasteiger charge is -2.28. The summed E-state index contributed by atoms with van der Waals surface area (Å²) < 4.78 is 0. The van der Waals surface area contributed by atoms with Crippen molar-refractivity contribution < 1.29 is 0 Å². The van der Waals surface area contributed by atoms with E-state index in [-0.39, 0.29) is 0 Å². The van der Waals surface area contributed by atoms with Crippen molar-refractivity contribution in [2.24, 2.45) is 5.73 Å². The van der Waals surface area contributed by atoms with Gasteiger partial charge in [-0.2, -0.15) is 0 Å². The van der Waals surface area contributed by atoms with Crippen molar-refractivity contribution in [1.29, 1.82) is 0 Å². The third-order valence-electron chi connectivity index (χ3n) is 2.68. The second kappa shape index (κ2) is 4.59. The Morgan fingerprint density at radius 3 is 2.80 bits per heavy atom. The molecule has 4 nitrogen and oxygen atoms in total. The van der Waals surface area contributed by atoms with Gasteiger partial charge in [0.05, 0.1) is 0 Å². The van der Waals surface area contributed by atoms with Crippen LogP contribution in [0.5, 0.6) is 0 Å². The molecule has 0 aliphatic carbocycles. The molecule has 2 heterocycles. The number of pyridine rings is 1. The molecule has 82 valence electrons. The highest BCUT2D eigenvalue weighted by Gasteiger charge is 2.12. The molecule has 4 heteroatoms. The van der Waals surface area contributed by atoms with Gasteiger partial charge in [-0.3, -0.25) is 0 Å². The third-order valence-corrected chi connectivity index (χ3v) is 2.68. The second-order valence-electron chi connectivity index (χ2n) is 3.92. The Kier molecular flexibility index (Phi) is 3.18. The topological polar surface area (TPSA) is 54.2 Å². The monoisotopic (exact) mass is 206 g/mol. The number of rotatable bonds is 2. The molecule has 0 atom stereocenters. The Morgan fingerprint density at radius 1 is 1.40 bits per heavy atom. The van der Waals surface area contributed by atoms with E-state index in [0.29, 0.717) is 6.54 Å². The van der Waals surface area contributed by atoms with Crippen LogP contribution < -0.4 is 16.0 Å². The van der Waals surface area contributed by atoms with E-state index >= 15 is 0 Å². The fraction of sp³-hybridized carbons (Fsp3) is 0.545. The van der Waals surface area contributed by atoms with E-state index in [2.05, 4.69) is 21.3 Å². The van der Waals surface area contributed by atoms with Crippen LogP contribution in [0.25, 0.3) is 0 Å². The molecule has 0 spiro atoms. The summed E-state index contributed by atoms with van der Waals surface area (Å²) in [6.45, 7) is 6.73. The number of nitrogens with two attached hydrogens (primary N) is 1. The van der Waals surface area contributed by atoms with Gasteiger partial charge in [-0.25, -0.2) is 4.98 Å². The molecule has 0 aromatic carbocycles. The molecular formula is C11H18N4. The molecule has 0 unspecified atom stereocenters. The third kappa shape index (κ3) is 2.46. The van der Waals surface area contributed by atoms with E-state index in [0.717, 1.165) is 43.3 Å². The quantitative estimate of drug-likeness (QED) is 0.729. The van der Waals surface area contributed by atoms with Gasteiger partial charge in [0.15, 0.2) is 0 Å². The molecule has 0 amide bonds.